The van der Waals surface area contributed by atoms with Crippen LogP contribution in [0.1, 0.15) is 39.2 Å². The second-order valence-corrected chi connectivity index (χ2v) is 9.68. The number of aliphatic hydroxyl groups excluding tert-OH is 1. The molecular weight excluding hydrogens is 522 g/mol. The zero-order valence-electron chi connectivity index (χ0n) is 23.3. The van der Waals surface area contributed by atoms with Crippen LogP contribution in [0, 0.1) is 11.8 Å². The third-order valence-corrected chi connectivity index (χ3v) is 6.22. The van der Waals surface area contributed by atoms with Gasteiger partial charge in [-0.1, -0.05) is 44.2 Å². The van der Waals surface area contributed by atoms with E-state index in [1.165, 1.54) is 0 Å². The summed E-state index contributed by atoms with van der Waals surface area (Å²) in [5.41, 5.74) is 0.696. The fourth-order valence-corrected chi connectivity index (χ4v) is 4.16. The molecule has 2 rings (SSSR count). The van der Waals surface area contributed by atoms with Crippen molar-refractivity contribution in [1.29, 1.82) is 0 Å². The Hall–Kier alpha value is -3.41. The summed E-state index contributed by atoms with van der Waals surface area (Å²) in [6.45, 7) is 5.96. The van der Waals surface area contributed by atoms with E-state index in [1.807, 2.05) is 13.8 Å². The normalized spacial score (nSPS) is 16.7. The second-order valence-electron chi connectivity index (χ2n) is 9.68. The highest BCUT2D eigenvalue weighted by molar-refractivity contribution is 6.04. The molecule has 0 radical (unpaired) electrons. The number of rotatable bonds is 18. The number of aliphatic hydroxyl groups is 1. The molecule has 1 saturated heterocycles. The molecule has 0 unspecified atom stereocenters. The van der Waals surface area contributed by atoms with E-state index in [4.69, 9.17) is 24.1 Å². The number of carbonyl (C=O) groups excluding carboxylic acids is 5. The number of esters is 1. The van der Waals surface area contributed by atoms with Crippen molar-refractivity contribution >= 4 is 29.5 Å². The Bertz CT molecular complexity index is 1020. The number of cyclic esters (lactones) is 1. The van der Waals surface area contributed by atoms with Gasteiger partial charge in [0.05, 0.1) is 38.4 Å². The van der Waals surface area contributed by atoms with Gasteiger partial charge in [-0.2, -0.15) is 0 Å². The number of hydrogen-bond acceptors (Lipinski definition) is 10. The van der Waals surface area contributed by atoms with E-state index < -0.39 is 41.8 Å². The van der Waals surface area contributed by atoms with Crippen LogP contribution in [0.3, 0.4) is 0 Å². The smallest absolute Gasteiger partial charge is 0.416 e. The molecule has 1 aliphatic rings. The SMILES string of the molecule is CC(=O)O[C@H](C(=O)C=CC(=O)CCCOCCOCCO)[C@H](Cc1ccccc1)C(=O)N1C(=O)OC[C@@H]1C(C)C. The van der Waals surface area contributed by atoms with Crippen LogP contribution in [0.2, 0.25) is 0 Å². The fraction of sp³-hybridized carbons (Fsp3) is 0.552. The molecule has 11 nitrogen and oxygen atoms in total. The van der Waals surface area contributed by atoms with Crippen LogP contribution >= 0.6 is 0 Å². The lowest BCUT2D eigenvalue weighted by Gasteiger charge is -2.30. The molecule has 0 aliphatic carbocycles. The zero-order chi connectivity index (χ0) is 29.5. The van der Waals surface area contributed by atoms with Gasteiger partial charge in [-0.25, -0.2) is 9.69 Å². The third-order valence-electron chi connectivity index (χ3n) is 6.22. The number of ketones is 2. The number of amides is 2. The molecule has 220 valence electrons. The van der Waals surface area contributed by atoms with E-state index in [0.29, 0.717) is 31.8 Å². The lowest BCUT2D eigenvalue weighted by molar-refractivity contribution is -0.159. The van der Waals surface area contributed by atoms with Gasteiger partial charge in [0.1, 0.15) is 6.61 Å². The predicted octanol–water partition coefficient (Wildman–Crippen LogP) is 2.28. The van der Waals surface area contributed by atoms with Gasteiger partial charge in [-0.05, 0) is 36.5 Å². The molecule has 1 N–H and O–H groups in total. The molecule has 0 bridgehead atoms. The van der Waals surface area contributed by atoms with Crippen molar-refractivity contribution in [3.8, 4) is 0 Å². The van der Waals surface area contributed by atoms with E-state index in [2.05, 4.69) is 0 Å². The maximum absolute atomic E-state index is 13.8. The first-order valence-corrected chi connectivity index (χ1v) is 13.4. The average Bonchev–Trinajstić information content (AvgIpc) is 3.32. The molecule has 11 heteroatoms. The van der Waals surface area contributed by atoms with E-state index >= 15 is 0 Å². The monoisotopic (exact) mass is 561 g/mol. The van der Waals surface area contributed by atoms with Crippen molar-refractivity contribution in [3.05, 3.63) is 48.0 Å². The standard InChI is InChI=1S/C29H39NO10/c1-20(2)25-19-39-29(36)30(25)28(35)24(18-22-8-5-4-6-9-22)27(40-21(3)32)26(34)12-11-23(33)10-7-14-37-16-17-38-15-13-31/h4-6,8-9,11-12,20,24-25,27,31H,7,10,13-19H2,1-3H3/t24-,25+,27-/m0/s1. The first-order valence-electron chi connectivity index (χ1n) is 13.4. The van der Waals surface area contributed by atoms with Gasteiger partial charge in [0.15, 0.2) is 17.7 Å². The van der Waals surface area contributed by atoms with Gasteiger partial charge in [0, 0.05) is 20.0 Å². The van der Waals surface area contributed by atoms with Crippen molar-refractivity contribution in [1.82, 2.24) is 4.90 Å². The van der Waals surface area contributed by atoms with Gasteiger partial charge in [0.25, 0.3) is 0 Å². The number of ether oxygens (including phenoxy) is 4. The van der Waals surface area contributed by atoms with E-state index in [1.54, 1.807) is 30.3 Å². The Morgan fingerprint density at radius 1 is 1.05 bits per heavy atom. The Morgan fingerprint density at radius 2 is 1.73 bits per heavy atom. The van der Waals surface area contributed by atoms with Crippen molar-refractivity contribution in [3.63, 3.8) is 0 Å². The van der Waals surface area contributed by atoms with E-state index in [9.17, 15) is 24.0 Å². The molecule has 2 amide bonds. The van der Waals surface area contributed by atoms with Gasteiger partial charge >= 0.3 is 12.1 Å². The zero-order valence-corrected chi connectivity index (χ0v) is 23.3. The minimum atomic E-state index is -1.56. The summed E-state index contributed by atoms with van der Waals surface area (Å²) in [7, 11) is 0. The predicted molar refractivity (Wildman–Crippen MR) is 143 cm³/mol. The molecule has 1 aromatic carbocycles. The Morgan fingerprint density at radius 3 is 2.35 bits per heavy atom. The molecule has 0 spiro atoms. The maximum Gasteiger partial charge on any atom is 0.416 e. The van der Waals surface area contributed by atoms with Gasteiger partial charge in [-0.15, -0.1) is 0 Å². The topological polar surface area (TPSA) is 146 Å². The van der Waals surface area contributed by atoms with Crippen LogP contribution < -0.4 is 0 Å². The Balaban J connectivity index is 2.16. The lowest BCUT2D eigenvalue weighted by atomic mass is 9.89. The summed E-state index contributed by atoms with van der Waals surface area (Å²) >= 11 is 0. The number of allylic oxidation sites excluding steroid dienone is 1. The van der Waals surface area contributed by atoms with Crippen LogP contribution in [0.25, 0.3) is 0 Å². The third kappa shape index (κ3) is 10.6. The van der Waals surface area contributed by atoms with Crippen LogP contribution in [0.5, 0.6) is 0 Å². The Kier molecular flexibility index (Phi) is 14.2. The molecule has 40 heavy (non-hydrogen) atoms. The first kappa shape index (κ1) is 32.8. The maximum atomic E-state index is 13.8. The van der Waals surface area contributed by atoms with Crippen LogP contribution in [0.15, 0.2) is 42.5 Å². The highest BCUT2D eigenvalue weighted by Crippen LogP contribution is 2.27. The summed E-state index contributed by atoms with van der Waals surface area (Å²) in [5.74, 6) is -3.90. The molecule has 3 atom stereocenters. The Labute approximate surface area is 234 Å². The number of hydrogen-bond donors (Lipinski definition) is 1. The summed E-state index contributed by atoms with van der Waals surface area (Å²) in [6.07, 6.45) is 0.261. The highest BCUT2D eigenvalue weighted by Gasteiger charge is 2.46. The second kappa shape index (κ2) is 17.3. The number of nitrogens with zero attached hydrogens (tertiary/aromatic N) is 1. The molecule has 1 heterocycles. The fourth-order valence-electron chi connectivity index (χ4n) is 4.16. The number of imide groups is 1. The van der Waals surface area contributed by atoms with Crippen LogP contribution in [-0.2, 0) is 44.5 Å². The summed E-state index contributed by atoms with van der Waals surface area (Å²) < 4.78 is 20.9. The van der Waals surface area contributed by atoms with Gasteiger partial charge in [0.2, 0.25) is 5.91 Å². The number of carbonyl (C=O) groups is 5. The lowest BCUT2D eigenvalue weighted by Crippen LogP contribution is -2.50. The molecule has 1 aromatic rings. The quantitative estimate of drug-likeness (QED) is 0.161. The van der Waals surface area contributed by atoms with E-state index in [0.717, 1.165) is 24.0 Å². The van der Waals surface area contributed by atoms with E-state index in [-0.39, 0.29) is 44.4 Å². The molecule has 0 aromatic heterocycles. The molecule has 1 aliphatic heterocycles. The summed E-state index contributed by atoms with van der Waals surface area (Å²) in [5, 5.41) is 8.65. The van der Waals surface area contributed by atoms with Gasteiger partial charge in [-0.3, -0.25) is 19.2 Å². The molecular formula is C29H39NO10. The molecule has 0 saturated carbocycles. The number of benzene rings is 1. The van der Waals surface area contributed by atoms with Crippen molar-refractivity contribution in [2.45, 2.75) is 52.2 Å². The van der Waals surface area contributed by atoms with Crippen LogP contribution in [-0.4, -0.2) is 91.3 Å². The highest BCUT2D eigenvalue weighted by atomic mass is 16.6. The minimum absolute atomic E-state index is 0.0130. The minimum Gasteiger partial charge on any atom is -0.453 e. The summed E-state index contributed by atoms with van der Waals surface area (Å²) in [4.78, 5) is 64.9. The van der Waals surface area contributed by atoms with Gasteiger partial charge < -0.3 is 24.1 Å². The summed E-state index contributed by atoms with van der Waals surface area (Å²) in [6, 6.07) is 8.32. The molecule has 1 fully saturated rings. The average molecular weight is 562 g/mol. The van der Waals surface area contributed by atoms with Crippen LogP contribution in [0.4, 0.5) is 4.79 Å². The van der Waals surface area contributed by atoms with Crippen molar-refractivity contribution in [2.24, 2.45) is 11.8 Å². The largest absolute Gasteiger partial charge is 0.453 e. The van der Waals surface area contributed by atoms with Crippen molar-refractivity contribution in [2.75, 3.05) is 39.6 Å². The first-order chi connectivity index (χ1) is 19.1. The van der Waals surface area contributed by atoms with Crippen molar-refractivity contribution < 1.29 is 48.0 Å².